The number of aromatic carboxylic acids is 1. The third-order valence-corrected chi connectivity index (χ3v) is 3.49. The lowest BCUT2D eigenvalue weighted by Crippen LogP contribution is -2.04. The maximum absolute atomic E-state index is 11.3. The van der Waals surface area contributed by atoms with Crippen LogP contribution in [0.5, 0.6) is 5.75 Å². The van der Waals surface area contributed by atoms with Crippen molar-refractivity contribution in [3.05, 3.63) is 46.8 Å². The van der Waals surface area contributed by atoms with Gasteiger partial charge in [-0.25, -0.2) is 4.79 Å². The third-order valence-electron chi connectivity index (χ3n) is 3.49. The molecule has 0 amide bonds. The summed E-state index contributed by atoms with van der Waals surface area (Å²) in [6.45, 7) is 5.56. The minimum atomic E-state index is -0.897. The van der Waals surface area contributed by atoms with Crippen LogP contribution in [0.1, 0.15) is 27.3 Å². The standard InChI is InChI=1S/C15H17NO3/c1-9-10(2)16(11(3)14(9)15(17)18)12-7-5-6-8-13(12)19-4/h5-8H,1-4H3,(H,17,18). The highest BCUT2D eigenvalue weighted by atomic mass is 16.5. The number of carboxylic acid groups (broad SMARTS) is 1. The quantitative estimate of drug-likeness (QED) is 0.921. The van der Waals surface area contributed by atoms with E-state index < -0.39 is 5.97 Å². The number of ether oxygens (including phenoxy) is 1. The molecule has 19 heavy (non-hydrogen) atoms. The van der Waals surface area contributed by atoms with E-state index in [2.05, 4.69) is 0 Å². The second-order valence-corrected chi connectivity index (χ2v) is 4.48. The average Bonchev–Trinajstić information content (AvgIpc) is 2.60. The highest BCUT2D eigenvalue weighted by molar-refractivity contribution is 5.91. The van der Waals surface area contributed by atoms with E-state index in [0.29, 0.717) is 11.3 Å². The molecule has 0 unspecified atom stereocenters. The van der Waals surface area contributed by atoms with E-state index in [1.54, 1.807) is 7.11 Å². The predicted octanol–water partition coefficient (Wildman–Crippen LogP) is 3.11. The molecular weight excluding hydrogens is 242 g/mol. The summed E-state index contributed by atoms with van der Waals surface area (Å²) in [6.07, 6.45) is 0. The first-order valence-electron chi connectivity index (χ1n) is 6.04. The average molecular weight is 259 g/mol. The number of hydrogen-bond acceptors (Lipinski definition) is 2. The van der Waals surface area contributed by atoms with Crippen LogP contribution in [0.3, 0.4) is 0 Å². The van der Waals surface area contributed by atoms with Gasteiger partial charge in [-0.05, 0) is 38.5 Å². The number of benzene rings is 1. The molecule has 2 aromatic rings. The number of methoxy groups -OCH3 is 1. The summed E-state index contributed by atoms with van der Waals surface area (Å²) in [7, 11) is 1.61. The Kier molecular flexibility index (Phi) is 3.34. The lowest BCUT2D eigenvalue weighted by Gasteiger charge is -2.13. The second-order valence-electron chi connectivity index (χ2n) is 4.48. The molecule has 0 radical (unpaired) electrons. The zero-order chi connectivity index (χ0) is 14.2. The molecule has 0 bridgehead atoms. The number of nitrogens with zero attached hydrogens (tertiary/aromatic N) is 1. The zero-order valence-electron chi connectivity index (χ0n) is 11.5. The van der Waals surface area contributed by atoms with Gasteiger partial charge < -0.3 is 14.4 Å². The lowest BCUT2D eigenvalue weighted by atomic mass is 10.1. The molecular formula is C15H17NO3. The molecule has 2 rings (SSSR count). The van der Waals surface area contributed by atoms with Gasteiger partial charge in [0.15, 0.2) is 0 Å². The lowest BCUT2D eigenvalue weighted by molar-refractivity contribution is 0.0695. The summed E-state index contributed by atoms with van der Waals surface area (Å²) in [6, 6.07) is 7.59. The Bertz CT molecular complexity index is 641. The van der Waals surface area contributed by atoms with Crippen LogP contribution in [0.4, 0.5) is 0 Å². The summed E-state index contributed by atoms with van der Waals surface area (Å²) in [5.74, 6) is -0.174. The van der Waals surface area contributed by atoms with Gasteiger partial charge in [0, 0.05) is 11.4 Å². The van der Waals surface area contributed by atoms with Gasteiger partial charge in [0.2, 0.25) is 0 Å². The molecule has 4 heteroatoms. The maximum Gasteiger partial charge on any atom is 0.337 e. The summed E-state index contributed by atoms with van der Waals surface area (Å²) >= 11 is 0. The van der Waals surface area contributed by atoms with Crippen LogP contribution in [0.2, 0.25) is 0 Å². The minimum Gasteiger partial charge on any atom is -0.495 e. The van der Waals surface area contributed by atoms with E-state index in [9.17, 15) is 9.90 Å². The largest absolute Gasteiger partial charge is 0.495 e. The molecule has 0 saturated carbocycles. The normalized spacial score (nSPS) is 10.5. The fraction of sp³-hybridized carbons (Fsp3) is 0.267. The van der Waals surface area contributed by atoms with Crippen molar-refractivity contribution in [2.75, 3.05) is 7.11 Å². The molecule has 0 fully saturated rings. The maximum atomic E-state index is 11.3. The molecule has 1 heterocycles. The number of carbonyl (C=O) groups is 1. The van der Waals surface area contributed by atoms with E-state index in [1.807, 2.05) is 49.6 Å². The van der Waals surface area contributed by atoms with Crippen molar-refractivity contribution in [2.45, 2.75) is 20.8 Å². The monoisotopic (exact) mass is 259 g/mol. The number of rotatable bonds is 3. The number of para-hydroxylation sites is 2. The van der Waals surface area contributed by atoms with Gasteiger partial charge in [-0.3, -0.25) is 0 Å². The van der Waals surface area contributed by atoms with E-state index in [1.165, 1.54) is 0 Å². The highest BCUT2D eigenvalue weighted by Crippen LogP contribution is 2.30. The van der Waals surface area contributed by atoms with Crippen LogP contribution >= 0.6 is 0 Å². The molecule has 0 saturated heterocycles. The molecule has 1 aromatic carbocycles. The Hall–Kier alpha value is -2.23. The molecule has 0 spiro atoms. The fourth-order valence-electron chi connectivity index (χ4n) is 2.47. The Morgan fingerprint density at radius 3 is 2.32 bits per heavy atom. The van der Waals surface area contributed by atoms with Crippen molar-refractivity contribution in [1.82, 2.24) is 4.57 Å². The topological polar surface area (TPSA) is 51.5 Å². The molecule has 0 aliphatic heterocycles. The Morgan fingerprint density at radius 2 is 1.79 bits per heavy atom. The van der Waals surface area contributed by atoms with Crippen molar-refractivity contribution in [1.29, 1.82) is 0 Å². The molecule has 1 N–H and O–H groups in total. The number of hydrogen-bond donors (Lipinski definition) is 1. The first-order chi connectivity index (χ1) is 8.99. The van der Waals surface area contributed by atoms with Crippen molar-refractivity contribution < 1.29 is 14.6 Å². The first kappa shape index (κ1) is 13.2. The first-order valence-corrected chi connectivity index (χ1v) is 6.04. The molecule has 0 aliphatic rings. The van der Waals surface area contributed by atoms with Gasteiger partial charge in [0.25, 0.3) is 0 Å². The Balaban J connectivity index is 2.77. The van der Waals surface area contributed by atoms with Gasteiger partial charge in [-0.15, -0.1) is 0 Å². The molecule has 100 valence electrons. The van der Waals surface area contributed by atoms with E-state index in [-0.39, 0.29) is 0 Å². The smallest absolute Gasteiger partial charge is 0.337 e. The SMILES string of the molecule is COc1ccccc1-n1c(C)c(C)c(C(=O)O)c1C. The van der Waals surface area contributed by atoms with Crippen LogP contribution in [0.15, 0.2) is 24.3 Å². The number of aromatic nitrogens is 1. The van der Waals surface area contributed by atoms with Crippen LogP contribution in [-0.2, 0) is 0 Å². The molecule has 1 aromatic heterocycles. The van der Waals surface area contributed by atoms with Crippen LogP contribution in [0.25, 0.3) is 5.69 Å². The summed E-state index contributed by atoms with van der Waals surface area (Å²) in [4.78, 5) is 11.3. The molecule has 0 atom stereocenters. The Morgan fingerprint density at radius 1 is 1.16 bits per heavy atom. The van der Waals surface area contributed by atoms with Crippen molar-refractivity contribution in [2.24, 2.45) is 0 Å². The van der Waals surface area contributed by atoms with Gasteiger partial charge >= 0.3 is 5.97 Å². The van der Waals surface area contributed by atoms with Gasteiger partial charge in [-0.1, -0.05) is 12.1 Å². The zero-order valence-corrected chi connectivity index (χ0v) is 11.5. The summed E-state index contributed by atoms with van der Waals surface area (Å²) in [5.41, 5.74) is 3.64. The van der Waals surface area contributed by atoms with Crippen LogP contribution in [0, 0.1) is 20.8 Å². The Labute approximate surface area is 112 Å². The minimum absolute atomic E-state index is 0.364. The highest BCUT2D eigenvalue weighted by Gasteiger charge is 2.21. The molecule has 0 aliphatic carbocycles. The van der Waals surface area contributed by atoms with Crippen LogP contribution < -0.4 is 4.74 Å². The fourth-order valence-corrected chi connectivity index (χ4v) is 2.47. The second kappa shape index (κ2) is 4.80. The summed E-state index contributed by atoms with van der Waals surface area (Å²) in [5, 5.41) is 9.31. The predicted molar refractivity (Wildman–Crippen MR) is 73.5 cm³/mol. The molecule has 4 nitrogen and oxygen atoms in total. The van der Waals surface area contributed by atoms with Crippen molar-refractivity contribution >= 4 is 5.97 Å². The van der Waals surface area contributed by atoms with E-state index >= 15 is 0 Å². The third kappa shape index (κ3) is 1.99. The summed E-state index contributed by atoms with van der Waals surface area (Å²) < 4.78 is 7.28. The van der Waals surface area contributed by atoms with Gasteiger partial charge in [0.1, 0.15) is 5.75 Å². The van der Waals surface area contributed by atoms with Crippen LogP contribution in [-0.4, -0.2) is 22.8 Å². The van der Waals surface area contributed by atoms with Crippen molar-refractivity contribution in [3.8, 4) is 11.4 Å². The van der Waals surface area contributed by atoms with E-state index in [4.69, 9.17) is 4.74 Å². The van der Waals surface area contributed by atoms with Crippen molar-refractivity contribution in [3.63, 3.8) is 0 Å². The van der Waals surface area contributed by atoms with Gasteiger partial charge in [-0.2, -0.15) is 0 Å². The van der Waals surface area contributed by atoms with Gasteiger partial charge in [0.05, 0.1) is 18.4 Å². The van der Waals surface area contributed by atoms with E-state index in [0.717, 1.165) is 22.7 Å². The number of carboxylic acids is 1.